The molecule has 2 aromatic rings. The van der Waals surface area contributed by atoms with Crippen LogP contribution in [0.4, 0.5) is 5.69 Å². The predicted octanol–water partition coefficient (Wildman–Crippen LogP) is 1.95. The number of hydrogen-bond donors (Lipinski definition) is 2. The average Bonchev–Trinajstić information content (AvgIpc) is 2.61. The summed E-state index contributed by atoms with van der Waals surface area (Å²) in [5.41, 5.74) is 0.673. The summed E-state index contributed by atoms with van der Waals surface area (Å²) in [7, 11) is -3.60. The van der Waals surface area contributed by atoms with Crippen LogP contribution in [0.15, 0.2) is 53.7 Å². The Bertz CT molecular complexity index is 896. The number of nitrogens with one attached hydrogen (secondary N) is 2. The van der Waals surface area contributed by atoms with Gasteiger partial charge in [0.1, 0.15) is 0 Å². The molecule has 0 unspecified atom stereocenters. The lowest BCUT2D eigenvalue weighted by Gasteiger charge is -2.14. The maximum absolute atomic E-state index is 12.2. The zero-order chi connectivity index (χ0) is 20.0. The first-order valence-corrected chi connectivity index (χ1v) is 9.71. The third-order valence-electron chi connectivity index (χ3n) is 3.39. The van der Waals surface area contributed by atoms with Crippen LogP contribution in [0, 0.1) is 0 Å². The van der Waals surface area contributed by atoms with Crippen molar-refractivity contribution >= 4 is 27.6 Å². The molecule has 2 N–H and O–H groups in total. The minimum absolute atomic E-state index is 0.0892. The number of ether oxygens (including phenoxy) is 1. The Labute approximate surface area is 158 Å². The quantitative estimate of drug-likeness (QED) is 0.697. The Morgan fingerprint density at radius 2 is 1.59 bits per heavy atom. The maximum Gasteiger partial charge on any atom is 0.339 e. The van der Waals surface area contributed by atoms with Crippen molar-refractivity contribution in [2.75, 3.05) is 5.32 Å². The molecular weight excluding hydrogens is 370 g/mol. The fourth-order valence-corrected chi connectivity index (χ4v) is 3.36. The number of pyridine rings is 1. The van der Waals surface area contributed by atoms with Crippen molar-refractivity contribution in [3.63, 3.8) is 0 Å². The highest BCUT2D eigenvalue weighted by molar-refractivity contribution is 7.89. The van der Waals surface area contributed by atoms with Crippen molar-refractivity contribution in [3.05, 3.63) is 54.4 Å². The first kappa shape index (κ1) is 20.5. The number of carbonyl (C=O) groups excluding carboxylic acids is 2. The second-order valence-electron chi connectivity index (χ2n) is 6.07. The summed E-state index contributed by atoms with van der Waals surface area (Å²) in [6, 6.07) is 8.43. The molecule has 1 amide bonds. The molecular formula is C18H21N3O5S. The van der Waals surface area contributed by atoms with Crippen molar-refractivity contribution in [1.82, 2.24) is 9.71 Å². The number of benzene rings is 1. The Morgan fingerprint density at radius 1 is 1.00 bits per heavy atom. The molecule has 1 aromatic carbocycles. The molecule has 8 nitrogen and oxygen atoms in total. The van der Waals surface area contributed by atoms with Crippen LogP contribution in [0.5, 0.6) is 0 Å². The summed E-state index contributed by atoms with van der Waals surface area (Å²) < 4.78 is 31.7. The smallest absolute Gasteiger partial charge is 0.339 e. The average molecular weight is 391 g/mol. The van der Waals surface area contributed by atoms with Gasteiger partial charge in [0.05, 0.1) is 10.5 Å². The molecule has 27 heavy (non-hydrogen) atoms. The van der Waals surface area contributed by atoms with Crippen LogP contribution in [0.25, 0.3) is 0 Å². The molecule has 0 aliphatic heterocycles. The van der Waals surface area contributed by atoms with Gasteiger partial charge in [-0.1, -0.05) is 0 Å². The molecule has 2 rings (SSSR count). The lowest BCUT2D eigenvalue weighted by atomic mass is 10.2. The number of amides is 1. The molecule has 0 bridgehead atoms. The van der Waals surface area contributed by atoms with E-state index in [-0.39, 0.29) is 16.5 Å². The first-order valence-electron chi connectivity index (χ1n) is 8.23. The van der Waals surface area contributed by atoms with E-state index in [1.54, 1.807) is 13.8 Å². The van der Waals surface area contributed by atoms with Crippen molar-refractivity contribution in [2.24, 2.45) is 0 Å². The molecule has 0 fully saturated rings. The van der Waals surface area contributed by atoms with Gasteiger partial charge in [0.2, 0.25) is 10.0 Å². The van der Waals surface area contributed by atoms with E-state index in [9.17, 15) is 18.0 Å². The number of esters is 1. The van der Waals surface area contributed by atoms with Gasteiger partial charge in [-0.2, -0.15) is 0 Å². The molecule has 0 aliphatic carbocycles. The fourth-order valence-electron chi connectivity index (χ4n) is 2.11. The van der Waals surface area contributed by atoms with Gasteiger partial charge in [0.25, 0.3) is 5.91 Å². The van der Waals surface area contributed by atoms with Gasteiger partial charge in [0, 0.05) is 24.1 Å². The largest absolute Gasteiger partial charge is 0.449 e. The lowest BCUT2D eigenvalue weighted by molar-refractivity contribution is -0.123. The van der Waals surface area contributed by atoms with Gasteiger partial charge in [-0.15, -0.1) is 0 Å². The topological polar surface area (TPSA) is 114 Å². The standard InChI is InChI=1S/C18H21N3O5S/c1-12(2)21-27(24,25)16-6-4-15(5-7-16)20-17(22)13(3)26-18(23)14-8-10-19-11-9-14/h4-13,21H,1-3H3,(H,20,22)/t13-/m1/s1. The van der Waals surface area contributed by atoms with E-state index in [0.717, 1.165) is 0 Å². The highest BCUT2D eigenvalue weighted by Gasteiger charge is 2.20. The second-order valence-corrected chi connectivity index (χ2v) is 7.79. The van der Waals surface area contributed by atoms with Crippen LogP contribution in [0.3, 0.4) is 0 Å². The second kappa shape index (κ2) is 8.74. The molecule has 0 spiro atoms. The molecule has 1 aromatic heterocycles. The summed E-state index contributed by atoms with van der Waals surface area (Å²) in [6.45, 7) is 4.89. The van der Waals surface area contributed by atoms with Crippen LogP contribution in [-0.2, 0) is 19.6 Å². The van der Waals surface area contributed by atoms with Crippen molar-refractivity contribution in [3.8, 4) is 0 Å². The van der Waals surface area contributed by atoms with Crippen LogP contribution in [-0.4, -0.2) is 37.4 Å². The van der Waals surface area contributed by atoms with Gasteiger partial charge in [0.15, 0.2) is 6.10 Å². The SMILES string of the molecule is CC(C)NS(=O)(=O)c1ccc(NC(=O)[C@@H](C)OC(=O)c2ccncc2)cc1. The number of sulfonamides is 1. The van der Waals surface area contributed by atoms with Gasteiger partial charge in [-0.05, 0) is 57.2 Å². The molecule has 0 aliphatic rings. The highest BCUT2D eigenvalue weighted by Crippen LogP contribution is 2.15. The van der Waals surface area contributed by atoms with Crippen LogP contribution < -0.4 is 10.0 Å². The van der Waals surface area contributed by atoms with Gasteiger partial charge < -0.3 is 10.1 Å². The fraction of sp³-hybridized carbons (Fsp3) is 0.278. The van der Waals surface area contributed by atoms with Crippen molar-refractivity contribution in [2.45, 2.75) is 37.8 Å². The van der Waals surface area contributed by atoms with Crippen molar-refractivity contribution < 1.29 is 22.7 Å². The molecule has 0 saturated heterocycles. The Balaban J connectivity index is 1.98. The van der Waals surface area contributed by atoms with Crippen LogP contribution >= 0.6 is 0 Å². The number of anilines is 1. The Hall–Kier alpha value is -2.78. The van der Waals surface area contributed by atoms with E-state index in [0.29, 0.717) is 5.69 Å². The summed E-state index contributed by atoms with van der Waals surface area (Å²) in [5, 5.41) is 2.57. The van der Waals surface area contributed by atoms with E-state index in [4.69, 9.17) is 4.74 Å². The molecule has 1 atom stereocenters. The van der Waals surface area contributed by atoms with E-state index in [2.05, 4.69) is 15.0 Å². The Kier molecular flexibility index (Phi) is 6.65. The minimum atomic E-state index is -3.60. The summed E-state index contributed by atoms with van der Waals surface area (Å²) in [4.78, 5) is 28.0. The minimum Gasteiger partial charge on any atom is -0.449 e. The molecule has 144 valence electrons. The molecule has 0 saturated carbocycles. The van der Waals surface area contributed by atoms with E-state index in [1.165, 1.54) is 55.7 Å². The third kappa shape index (κ3) is 5.87. The summed E-state index contributed by atoms with van der Waals surface area (Å²) in [5.74, 6) is -1.17. The number of carbonyl (C=O) groups is 2. The zero-order valence-electron chi connectivity index (χ0n) is 15.2. The monoisotopic (exact) mass is 391 g/mol. The predicted molar refractivity (Wildman–Crippen MR) is 99.6 cm³/mol. The van der Waals surface area contributed by atoms with Crippen LogP contribution in [0.2, 0.25) is 0 Å². The lowest BCUT2D eigenvalue weighted by Crippen LogP contribution is -2.30. The van der Waals surface area contributed by atoms with Gasteiger partial charge in [-0.25, -0.2) is 17.9 Å². The maximum atomic E-state index is 12.2. The zero-order valence-corrected chi connectivity index (χ0v) is 16.0. The number of hydrogen-bond acceptors (Lipinski definition) is 6. The van der Waals surface area contributed by atoms with E-state index in [1.807, 2.05) is 0 Å². The van der Waals surface area contributed by atoms with E-state index < -0.39 is 28.0 Å². The third-order valence-corrected chi connectivity index (χ3v) is 5.07. The first-order chi connectivity index (χ1) is 12.7. The highest BCUT2D eigenvalue weighted by atomic mass is 32.2. The van der Waals surface area contributed by atoms with Gasteiger partial charge in [-0.3, -0.25) is 9.78 Å². The normalized spacial score (nSPS) is 12.4. The number of aromatic nitrogens is 1. The Morgan fingerprint density at radius 3 is 2.15 bits per heavy atom. The molecule has 0 radical (unpaired) electrons. The molecule has 9 heteroatoms. The van der Waals surface area contributed by atoms with E-state index >= 15 is 0 Å². The summed E-state index contributed by atoms with van der Waals surface area (Å²) in [6.07, 6.45) is 1.87. The molecule has 1 heterocycles. The number of nitrogens with zero attached hydrogens (tertiary/aromatic N) is 1. The van der Waals surface area contributed by atoms with Gasteiger partial charge >= 0.3 is 5.97 Å². The van der Waals surface area contributed by atoms with Crippen molar-refractivity contribution in [1.29, 1.82) is 0 Å². The number of rotatable bonds is 7. The summed E-state index contributed by atoms with van der Waals surface area (Å²) >= 11 is 0. The van der Waals surface area contributed by atoms with Crippen LogP contribution in [0.1, 0.15) is 31.1 Å².